The van der Waals surface area contributed by atoms with E-state index in [4.69, 9.17) is 15.0 Å². The number of hydrogen-bond acceptors (Lipinski definition) is 3. The summed E-state index contributed by atoms with van der Waals surface area (Å²) >= 11 is 0. The molecule has 0 saturated heterocycles. The second-order valence-electron chi connectivity index (χ2n) is 17.6. The molecule has 316 valence electrons. The molecule has 68 heavy (non-hydrogen) atoms. The lowest BCUT2D eigenvalue weighted by Gasteiger charge is -2.14. The molecule has 14 rings (SSSR count). The Labute approximate surface area is 391 Å². The van der Waals surface area contributed by atoms with E-state index < -0.39 is 0 Å². The summed E-state index contributed by atoms with van der Waals surface area (Å²) in [5.74, 6) is 1.78. The lowest BCUT2D eigenvalue weighted by Crippen LogP contribution is -2.07. The topological polar surface area (TPSA) is 48.5 Å². The first-order chi connectivity index (χ1) is 33.7. The summed E-state index contributed by atoms with van der Waals surface area (Å²) in [6.45, 7) is 0. The van der Waals surface area contributed by atoms with Crippen molar-refractivity contribution in [3.63, 3.8) is 0 Å². The van der Waals surface area contributed by atoms with E-state index in [-0.39, 0.29) is 0 Å². The molecule has 0 radical (unpaired) electrons. The molecule has 0 amide bonds. The molecule has 5 nitrogen and oxygen atoms in total. The highest BCUT2D eigenvalue weighted by Gasteiger charge is 2.24. The molecule has 0 aliphatic rings. The van der Waals surface area contributed by atoms with Crippen molar-refractivity contribution in [3.8, 4) is 56.7 Å². The van der Waals surface area contributed by atoms with E-state index in [0.717, 1.165) is 71.7 Å². The summed E-state index contributed by atoms with van der Waals surface area (Å²) in [6.07, 6.45) is 0. The molecule has 0 fully saturated rings. The molecule has 14 aromatic rings. The maximum Gasteiger partial charge on any atom is 0.238 e. The summed E-state index contributed by atoms with van der Waals surface area (Å²) in [7, 11) is 0. The molecule has 0 aliphatic heterocycles. The first-order valence-electron chi connectivity index (χ1n) is 23.1. The van der Waals surface area contributed by atoms with Crippen molar-refractivity contribution in [1.82, 2.24) is 24.1 Å². The second kappa shape index (κ2) is 15.2. The third-order valence-electron chi connectivity index (χ3n) is 13.8. The van der Waals surface area contributed by atoms with Gasteiger partial charge in [-0.1, -0.05) is 200 Å². The summed E-state index contributed by atoms with van der Waals surface area (Å²) < 4.78 is 4.69. The van der Waals surface area contributed by atoms with E-state index in [1.165, 1.54) is 43.3 Å². The predicted octanol–water partition coefficient (Wildman–Crippen LogP) is 16.2. The van der Waals surface area contributed by atoms with Crippen molar-refractivity contribution >= 4 is 75.9 Å². The molecule has 0 unspecified atom stereocenters. The van der Waals surface area contributed by atoms with E-state index in [0.29, 0.717) is 17.6 Å². The average molecular weight is 866 g/mol. The Bertz CT molecular complexity index is 4270. The Morgan fingerprint density at radius 3 is 1.28 bits per heavy atom. The maximum absolute atomic E-state index is 5.40. The van der Waals surface area contributed by atoms with Crippen LogP contribution in [0.5, 0.6) is 0 Å². The van der Waals surface area contributed by atoms with Crippen LogP contribution >= 0.6 is 0 Å². The normalized spacial score (nSPS) is 11.8. The Morgan fingerprint density at radius 2 is 0.647 bits per heavy atom. The molecule has 3 aromatic heterocycles. The van der Waals surface area contributed by atoms with Crippen LogP contribution in [0.1, 0.15) is 0 Å². The van der Waals surface area contributed by atoms with Crippen molar-refractivity contribution in [3.05, 3.63) is 237 Å². The van der Waals surface area contributed by atoms with E-state index in [9.17, 15) is 0 Å². The molecule has 0 aliphatic carbocycles. The summed E-state index contributed by atoms with van der Waals surface area (Å²) in [6, 6.07) is 84.6. The van der Waals surface area contributed by atoms with Crippen LogP contribution in [0.4, 0.5) is 0 Å². The van der Waals surface area contributed by atoms with E-state index >= 15 is 0 Å². The minimum atomic E-state index is 0.557. The van der Waals surface area contributed by atoms with Gasteiger partial charge in [-0.3, -0.25) is 4.57 Å². The molecule has 0 spiro atoms. The highest BCUT2D eigenvalue weighted by molar-refractivity contribution is 6.26. The first-order valence-corrected chi connectivity index (χ1v) is 23.1. The molecule has 5 heteroatoms. The lowest BCUT2D eigenvalue weighted by atomic mass is 9.92. The van der Waals surface area contributed by atoms with Gasteiger partial charge in [0.2, 0.25) is 5.95 Å². The molecule has 0 atom stereocenters. The van der Waals surface area contributed by atoms with Crippen molar-refractivity contribution in [2.75, 3.05) is 0 Å². The van der Waals surface area contributed by atoms with Gasteiger partial charge in [0.15, 0.2) is 11.6 Å². The van der Waals surface area contributed by atoms with E-state index in [1.54, 1.807) is 0 Å². The van der Waals surface area contributed by atoms with Crippen molar-refractivity contribution in [1.29, 1.82) is 0 Å². The van der Waals surface area contributed by atoms with Gasteiger partial charge >= 0.3 is 0 Å². The average Bonchev–Trinajstić information content (AvgIpc) is 3.94. The fourth-order valence-electron chi connectivity index (χ4n) is 10.6. The minimum Gasteiger partial charge on any atom is -0.307 e. The third-order valence-corrected chi connectivity index (χ3v) is 13.8. The number of benzene rings is 11. The van der Waals surface area contributed by atoms with Gasteiger partial charge in [-0.05, 0) is 91.0 Å². The molecule has 0 N–H and O–H groups in total. The minimum absolute atomic E-state index is 0.557. The zero-order valence-corrected chi connectivity index (χ0v) is 36.8. The number of nitrogens with zero attached hydrogens (tertiary/aromatic N) is 5. The smallest absolute Gasteiger partial charge is 0.238 e. The SMILES string of the molecule is c1ccc(-c2cccc(-c3nc(-c4ccccc4)nc(-n4c5ccccc5c5ccc6c7ccccc7n(-c7ccc(-c8ccc9c%10ccccc%10c%10ccccc%10c9c8)cc7)c6c54)n3)c2)cc1. The van der Waals surface area contributed by atoms with Crippen LogP contribution in [0.2, 0.25) is 0 Å². The Kier molecular flexibility index (Phi) is 8.52. The zero-order valence-electron chi connectivity index (χ0n) is 36.8. The maximum atomic E-state index is 5.40. The number of rotatable bonds is 6. The summed E-state index contributed by atoms with van der Waals surface area (Å²) in [5, 5.41) is 12.2. The second-order valence-corrected chi connectivity index (χ2v) is 17.6. The predicted molar refractivity (Wildman–Crippen MR) is 283 cm³/mol. The lowest BCUT2D eigenvalue weighted by molar-refractivity contribution is 0.953. The number of fused-ring (bicyclic) bond motifs is 13. The van der Waals surface area contributed by atoms with Crippen molar-refractivity contribution in [2.24, 2.45) is 0 Å². The molecule has 3 heterocycles. The van der Waals surface area contributed by atoms with Gasteiger partial charge in [-0.25, -0.2) is 4.98 Å². The van der Waals surface area contributed by atoms with Gasteiger partial charge in [0.25, 0.3) is 0 Å². The number of para-hydroxylation sites is 2. The summed E-state index contributed by atoms with van der Waals surface area (Å²) in [5.41, 5.74) is 11.8. The first kappa shape index (κ1) is 38.1. The van der Waals surface area contributed by atoms with Gasteiger partial charge in [-0.2, -0.15) is 9.97 Å². The third kappa shape index (κ3) is 5.93. The fourth-order valence-corrected chi connectivity index (χ4v) is 10.6. The van der Waals surface area contributed by atoms with Gasteiger partial charge in [-0.15, -0.1) is 0 Å². The Hall–Kier alpha value is -9.19. The highest BCUT2D eigenvalue weighted by Crippen LogP contribution is 2.43. The van der Waals surface area contributed by atoms with Crippen LogP contribution in [0.15, 0.2) is 237 Å². The van der Waals surface area contributed by atoms with Crippen LogP contribution in [0, 0.1) is 0 Å². The fraction of sp³-hybridized carbons (Fsp3) is 0. The van der Waals surface area contributed by atoms with Gasteiger partial charge in [0.1, 0.15) is 0 Å². The standard InChI is InChI=1S/C63H39N5/c1-3-16-40(17-4-1)43-20-15-21-45(38-43)62-64-61(42-18-5-2-6-19-42)65-63(66-62)68-58-29-14-12-27-53(58)55-37-36-54-52-26-11-13-28-57(52)67(59(54)60(55)68)46-33-30-41(31-34-46)44-32-35-51-49-24-8-7-22-47(49)48-23-9-10-25-50(48)56(51)39-44/h1-39H. The monoisotopic (exact) mass is 865 g/mol. The van der Waals surface area contributed by atoms with Crippen LogP contribution in [-0.2, 0) is 0 Å². The Balaban J connectivity index is 0.996. The van der Waals surface area contributed by atoms with Gasteiger partial charge in [0, 0.05) is 38.4 Å². The van der Waals surface area contributed by atoms with Crippen LogP contribution in [-0.4, -0.2) is 24.1 Å². The van der Waals surface area contributed by atoms with Crippen molar-refractivity contribution < 1.29 is 0 Å². The molecule has 0 bridgehead atoms. The molecular weight excluding hydrogens is 827 g/mol. The Morgan fingerprint density at radius 1 is 0.235 bits per heavy atom. The molecular formula is C63H39N5. The van der Waals surface area contributed by atoms with E-state index in [1.807, 2.05) is 24.3 Å². The molecule has 0 saturated carbocycles. The number of hydrogen-bond donors (Lipinski definition) is 0. The highest BCUT2D eigenvalue weighted by atomic mass is 15.2. The largest absolute Gasteiger partial charge is 0.307 e. The van der Waals surface area contributed by atoms with Gasteiger partial charge in [0.05, 0.1) is 22.1 Å². The molecule has 11 aromatic carbocycles. The van der Waals surface area contributed by atoms with Gasteiger partial charge < -0.3 is 4.57 Å². The van der Waals surface area contributed by atoms with Crippen LogP contribution in [0.25, 0.3) is 133 Å². The number of aromatic nitrogens is 5. The van der Waals surface area contributed by atoms with E-state index in [2.05, 4.69) is 221 Å². The van der Waals surface area contributed by atoms with Crippen LogP contribution in [0.3, 0.4) is 0 Å². The quantitative estimate of drug-likeness (QED) is 0.156. The van der Waals surface area contributed by atoms with Crippen molar-refractivity contribution in [2.45, 2.75) is 0 Å². The summed E-state index contributed by atoms with van der Waals surface area (Å²) in [4.78, 5) is 15.9. The zero-order chi connectivity index (χ0) is 44.7. The van der Waals surface area contributed by atoms with Crippen LogP contribution < -0.4 is 0 Å².